The highest BCUT2D eigenvalue weighted by Gasteiger charge is 2.21. The fraction of sp³-hybridized carbons (Fsp3) is 0.333. The van der Waals surface area contributed by atoms with Crippen LogP contribution in [0.4, 0.5) is 10.5 Å². The number of nitrogens with zero attached hydrogens (tertiary/aromatic N) is 2. The minimum atomic E-state index is -0.182. The van der Waals surface area contributed by atoms with E-state index in [-0.39, 0.29) is 12.1 Å². The molecule has 1 fully saturated rings. The fourth-order valence-electron chi connectivity index (χ4n) is 4.07. The summed E-state index contributed by atoms with van der Waals surface area (Å²) in [5.74, 6) is 0.680. The van der Waals surface area contributed by atoms with Gasteiger partial charge in [0.1, 0.15) is 12.4 Å². The number of aromatic nitrogens is 1. The number of piperidine rings is 1. The second kappa shape index (κ2) is 11.5. The second-order valence-electron chi connectivity index (χ2n) is 8.59. The summed E-state index contributed by atoms with van der Waals surface area (Å²) in [6.07, 6.45) is 6.62. The lowest BCUT2D eigenvalue weighted by Crippen LogP contribution is -2.46. The van der Waals surface area contributed by atoms with Crippen LogP contribution in [0.3, 0.4) is 0 Å². The summed E-state index contributed by atoms with van der Waals surface area (Å²) in [5.41, 5.74) is 4.17. The van der Waals surface area contributed by atoms with Crippen molar-refractivity contribution >= 4 is 11.7 Å². The number of hydrogen-bond acceptors (Lipinski definition) is 4. The molecule has 0 bridgehead atoms. The van der Waals surface area contributed by atoms with E-state index in [1.807, 2.05) is 67.8 Å². The molecule has 1 aromatic heterocycles. The number of pyridine rings is 1. The van der Waals surface area contributed by atoms with Gasteiger partial charge in [-0.2, -0.15) is 0 Å². The Morgan fingerprint density at radius 3 is 2.55 bits per heavy atom. The average Bonchev–Trinajstić information content (AvgIpc) is 2.85. The Kier molecular flexibility index (Phi) is 7.93. The number of hydrogen-bond donors (Lipinski definition) is 2. The Morgan fingerprint density at radius 1 is 1.03 bits per heavy atom. The number of carbonyl (C=O) groups excluding carboxylic acids is 1. The molecule has 6 nitrogen and oxygen atoms in total. The Labute approximate surface area is 196 Å². The van der Waals surface area contributed by atoms with Crippen LogP contribution >= 0.6 is 0 Å². The fourth-order valence-corrected chi connectivity index (χ4v) is 4.07. The third kappa shape index (κ3) is 7.05. The van der Waals surface area contributed by atoms with Gasteiger partial charge in [-0.05, 0) is 67.1 Å². The third-order valence-electron chi connectivity index (χ3n) is 6.01. The molecule has 6 heteroatoms. The number of likely N-dealkylation sites (tertiary alicyclic amines) is 1. The number of aryl methyl sites for hydroxylation is 1. The maximum atomic E-state index is 12.7. The average molecular weight is 445 g/mol. The topological polar surface area (TPSA) is 66.5 Å². The highest BCUT2D eigenvalue weighted by molar-refractivity contribution is 5.91. The largest absolute Gasteiger partial charge is 0.487 e. The zero-order valence-electron chi connectivity index (χ0n) is 19.2. The van der Waals surface area contributed by atoms with Crippen LogP contribution in [-0.4, -0.2) is 41.6 Å². The van der Waals surface area contributed by atoms with Crippen molar-refractivity contribution < 1.29 is 9.53 Å². The molecule has 2 heterocycles. The standard InChI is InChI=1S/C27H32N4O2/c1-21-7-8-25(26(19-21)33-20-23-5-3-2-4-6-23)30-27(32)29-24-12-17-31(18-13-24)16-11-22-9-14-28-15-10-22/h2-10,14-15,19,24H,11-13,16-18,20H2,1H3,(H2,29,30,32). The normalized spacial score (nSPS) is 14.6. The highest BCUT2D eigenvalue weighted by atomic mass is 16.5. The molecule has 1 aliphatic heterocycles. The van der Waals surface area contributed by atoms with E-state index < -0.39 is 0 Å². The lowest BCUT2D eigenvalue weighted by Gasteiger charge is -2.32. The highest BCUT2D eigenvalue weighted by Crippen LogP contribution is 2.27. The molecule has 0 aliphatic carbocycles. The SMILES string of the molecule is Cc1ccc(NC(=O)NC2CCN(CCc3ccncc3)CC2)c(OCc2ccccc2)c1. The van der Waals surface area contributed by atoms with E-state index in [2.05, 4.69) is 32.7 Å². The molecule has 0 radical (unpaired) electrons. The predicted octanol–water partition coefficient (Wildman–Crippen LogP) is 4.80. The lowest BCUT2D eigenvalue weighted by molar-refractivity contribution is 0.197. The van der Waals surface area contributed by atoms with Crippen LogP contribution in [0.5, 0.6) is 5.75 Å². The van der Waals surface area contributed by atoms with Gasteiger partial charge in [-0.25, -0.2) is 4.79 Å². The molecule has 1 aliphatic rings. The summed E-state index contributed by atoms with van der Waals surface area (Å²) in [4.78, 5) is 19.2. The first kappa shape index (κ1) is 22.8. The van der Waals surface area contributed by atoms with Crippen molar-refractivity contribution in [1.82, 2.24) is 15.2 Å². The zero-order chi connectivity index (χ0) is 22.9. The first-order valence-corrected chi connectivity index (χ1v) is 11.6. The quantitative estimate of drug-likeness (QED) is 0.524. The first-order chi connectivity index (χ1) is 16.2. The van der Waals surface area contributed by atoms with Gasteiger partial charge >= 0.3 is 6.03 Å². The van der Waals surface area contributed by atoms with Crippen molar-refractivity contribution in [3.8, 4) is 5.75 Å². The number of amides is 2. The molecule has 33 heavy (non-hydrogen) atoms. The molecular weight excluding hydrogens is 412 g/mol. The summed E-state index contributed by atoms with van der Waals surface area (Å²) in [6, 6.07) is 20.0. The molecule has 4 rings (SSSR count). The van der Waals surface area contributed by atoms with Crippen molar-refractivity contribution in [2.24, 2.45) is 0 Å². The van der Waals surface area contributed by atoms with Gasteiger partial charge in [0.05, 0.1) is 5.69 Å². The van der Waals surface area contributed by atoms with Crippen molar-refractivity contribution in [3.05, 3.63) is 89.7 Å². The number of anilines is 1. The van der Waals surface area contributed by atoms with Crippen molar-refractivity contribution in [2.75, 3.05) is 25.0 Å². The molecule has 0 atom stereocenters. The van der Waals surface area contributed by atoms with Crippen LogP contribution in [0.1, 0.15) is 29.5 Å². The summed E-state index contributed by atoms with van der Waals surface area (Å²) < 4.78 is 6.02. The molecule has 0 saturated carbocycles. The second-order valence-corrected chi connectivity index (χ2v) is 8.59. The van der Waals surface area contributed by atoms with Crippen molar-refractivity contribution in [1.29, 1.82) is 0 Å². The van der Waals surface area contributed by atoms with Gasteiger partial charge in [0.15, 0.2) is 0 Å². The Morgan fingerprint density at radius 2 is 1.79 bits per heavy atom. The van der Waals surface area contributed by atoms with E-state index in [0.29, 0.717) is 18.0 Å². The number of carbonyl (C=O) groups is 1. The Balaban J connectivity index is 1.24. The number of ether oxygens (including phenoxy) is 1. The van der Waals surface area contributed by atoms with Gasteiger partial charge in [-0.3, -0.25) is 4.98 Å². The van der Waals surface area contributed by atoms with Crippen LogP contribution in [0.2, 0.25) is 0 Å². The summed E-state index contributed by atoms with van der Waals surface area (Å²) >= 11 is 0. The maximum Gasteiger partial charge on any atom is 0.319 e. The maximum absolute atomic E-state index is 12.7. The molecule has 1 saturated heterocycles. The van der Waals surface area contributed by atoms with E-state index >= 15 is 0 Å². The van der Waals surface area contributed by atoms with Crippen LogP contribution < -0.4 is 15.4 Å². The molecule has 3 aromatic rings. The van der Waals surface area contributed by atoms with Crippen LogP contribution in [-0.2, 0) is 13.0 Å². The lowest BCUT2D eigenvalue weighted by atomic mass is 10.0. The molecule has 2 aromatic carbocycles. The molecule has 2 amide bonds. The van der Waals surface area contributed by atoms with Gasteiger partial charge < -0.3 is 20.3 Å². The summed E-state index contributed by atoms with van der Waals surface area (Å²) in [6.45, 7) is 5.49. The van der Waals surface area contributed by atoms with Crippen LogP contribution in [0, 0.1) is 6.92 Å². The number of benzene rings is 2. The first-order valence-electron chi connectivity index (χ1n) is 11.6. The summed E-state index contributed by atoms with van der Waals surface area (Å²) in [7, 11) is 0. The van der Waals surface area contributed by atoms with Crippen molar-refractivity contribution in [2.45, 2.75) is 38.8 Å². The number of urea groups is 1. The van der Waals surface area contributed by atoms with Gasteiger partial charge in [0, 0.05) is 38.1 Å². The molecule has 172 valence electrons. The van der Waals surface area contributed by atoms with Gasteiger partial charge in [0.25, 0.3) is 0 Å². The molecule has 0 spiro atoms. The molecule has 0 unspecified atom stereocenters. The zero-order valence-corrected chi connectivity index (χ0v) is 19.2. The van der Waals surface area contributed by atoms with Crippen LogP contribution in [0.25, 0.3) is 0 Å². The Hall–Kier alpha value is -3.38. The predicted molar refractivity (Wildman–Crippen MR) is 132 cm³/mol. The van der Waals surface area contributed by atoms with E-state index in [0.717, 1.165) is 50.0 Å². The molecule has 2 N–H and O–H groups in total. The van der Waals surface area contributed by atoms with Gasteiger partial charge in [-0.1, -0.05) is 36.4 Å². The van der Waals surface area contributed by atoms with E-state index in [9.17, 15) is 4.79 Å². The van der Waals surface area contributed by atoms with Crippen LogP contribution in [0.15, 0.2) is 73.1 Å². The number of nitrogens with one attached hydrogen (secondary N) is 2. The minimum absolute atomic E-state index is 0.182. The Bertz CT molecular complexity index is 1020. The third-order valence-corrected chi connectivity index (χ3v) is 6.01. The van der Waals surface area contributed by atoms with Gasteiger partial charge in [-0.15, -0.1) is 0 Å². The smallest absolute Gasteiger partial charge is 0.319 e. The molecular formula is C27H32N4O2. The number of rotatable bonds is 8. The van der Waals surface area contributed by atoms with E-state index in [1.165, 1.54) is 5.56 Å². The van der Waals surface area contributed by atoms with Gasteiger partial charge in [0.2, 0.25) is 0 Å². The van der Waals surface area contributed by atoms with Crippen molar-refractivity contribution in [3.63, 3.8) is 0 Å². The van der Waals surface area contributed by atoms with E-state index in [1.54, 1.807) is 0 Å². The van der Waals surface area contributed by atoms with E-state index in [4.69, 9.17) is 4.74 Å². The summed E-state index contributed by atoms with van der Waals surface area (Å²) in [5, 5.41) is 6.12. The monoisotopic (exact) mass is 444 g/mol. The minimum Gasteiger partial charge on any atom is -0.487 e.